The van der Waals surface area contributed by atoms with Gasteiger partial charge in [0.05, 0.1) is 18.8 Å². The summed E-state index contributed by atoms with van der Waals surface area (Å²) in [6.07, 6.45) is 3.09. The van der Waals surface area contributed by atoms with Crippen LogP contribution in [0.3, 0.4) is 0 Å². The first-order valence-corrected chi connectivity index (χ1v) is 6.91. The van der Waals surface area contributed by atoms with E-state index >= 15 is 0 Å². The minimum absolute atomic E-state index is 0.241. The van der Waals surface area contributed by atoms with E-state index in [-0.39, 0.29) is 5.91 Å². The van der Waals surface area contributed by atoms with E-state index in [1.165, 1.54) is 0 Å². The molecule has 0 aromatic carbocycles. The molecule has 2 rings (SSSR count). The minimum atomic E-state index is -0.584. The van der Waals surface area contributed by atoms with Crippen LogP contribution in [0.25, 0.3) is 0 Å². The van der Waals surface area contributed by atoms with Gasteiger partial charge in [-0.15, -0.1) is 0 Å². The van der Waals surface area contributed by atoms with E-state index < -0.39 is 5.54 Å². The lowest BCUT2D eigenvalue weighted by Crippen LogP contribution is -2.57. The molecule has 1 aliphatic carbocycles. The fourth-order valence-electron chi connectivity index (χ4n) is 2.65. The van der Waals surface area contributed by atoms with E-state index in [4.69, 9.17) is 10.5 Å². The molecule has 1 saturated carbocycles. The Balaban J connectivity index is 1.91. The number of hydrogen-bond acceptors (Lipinski definition) is 4. The lowest BCUT2D eigenvalue weighted by atomic mass is 9.91. The zero-order valence-electron chi connectivity index (χ0n) is 11.4. The van der Waals surface area contributed by atoms with Crippen molar-refractivity contribution in [3.05, 3.63) is 0 Å². The molecule has 1 heterocycles. The van der Waals surface area contributed by atoms with Crippen LogP contribution in [0.15, 0.2) is 0 Å². The average Bonchev–Trinajstić information content (AvgIpc) is 3.13. The molecular formula is C13H25N3O2. The molecule has 1 saturated heterocycles. The van der Waals surface area contributed by atoms with Crippen LogP contribution in [0, 0.1) is 0 Å². The van der Waals surface area contributed by atoms with Crippen molar-refractivity contribution in [2.75, 3.05) is 26.3 Å². The number of hydrogen-bond donors (Lipinski definition) is 2. The summed E-state index contributed by atoms with van der Waals surface area (Å²) in [5, 5.41) is 3.40. The van der Waals surface area contributed by atoms with Gasteiger partial charge in [0.1, 0.15) is 0 Å². The number of carbonyl (C=O) groups is 1. The lowest BCUT2D eigenvalue weighted by Gasteiger charge is -2.37. The van der Waals surface area contributed by atoms with E-state index in [0.29, 0.717) is 12.1 Å². The molecule has 0 aromatic rings. The van der Waals surface area contributed by atoms with Gasteiger partial charge in [0.25, 0.3) is 0 Å². The van der Waals surface area contributed by atoms with Crippen LogP contribution in [-0.2, 0) is 9.53 Å². The van der Waals surface area contributed by atoms with Crippen molar-refractivity contribution >= 4 is 5.91 Å². The molecule has 3 N–H and O–H groups in total. The number of amides is 1. The molecule has 2 atom stereocenters. The maximum atomic E-state index is 11.7. The monoisotopic (exact) mass is 255 g/mol. The summed E-state index contributed by atoms with van der Waals surface area (Å²) in [5.41, 5.74) is 5.00. The highest BCUT2D eigenvalue weighted by Gasteiger charge is 2.39. The molecular weight excluding hydrogens is 230 g/mol. The molecule has 104 valence electrons. The molecule has 0 bridgehead atoms. The molecule has 0 spiro atoms. The van der Waals surface area contributed by atoms with Crippen molar-refractivity contribution in [1.29, 1.82) is 0 Å². The molecule has 18 heavy (non-hydrogen) atoms. The average molecular weight is 255 g/mol. The highest BCUT2D eigenvalue weighted by Crippen LogP contribution is 2.25. The van der Waals surface area contributed by atoms with Crippen LogP contribution >= 0.6 is 0 Å². The SMILES string of the molecule is CC(CC(C)(NC1CC1)C(N)=O)N1CCOCC1. The van der Waals surface area contributed by atoms with Crippen molar-refractivity contribution in [2.24, 2.45) is 5.73 Å². The molecule has 0 radical (unpaired) electrons. The number of ether oxygens (including phenoxy) is 1. The Hall–Kier alpha value is -0.650. The van der Waals surface area contributed by atoms with Crippen LogP contribution in [0.1, 0.15) is 33.1 Å². The number of rotatable bonds is 6. The largest absolute Gasteiger partial charge is 0.379 e. The highest BCUT2D eigenvalue weighted by atomic mass is 16.5. The number of primary amides is 1. The zero-order valence-corrected chi connectivity index (χ0v) is 11.4. The van der Waals surface area contributed by atoms with Gasteiger partial charge >= 0.3 is 0 Å². The Morgan fingerprint density at radius 3 is 2.61 bits per heavy atom. The molecule has 1 aliphatic heterocycles. The predicted molar refractivity (Wildman–Crippen MR) is 70.2 cm³/mol. The van der Waals surface area contributed by atoms with E-state index in [2.05, 4.69) is 17.1 Å². The second-order valence-corrected chi connectivity index (χ2v) is 5.82. The van der Waals surface area contributed by atoms with Crippen LogP contribution < -0.4 is 11.1 Å². The van der Waals surface area contributed by atoms with Crippen molar-refractivity contribution in [3.63, 3.8) is 0 Å². The normalized spacial score (nSPS) is 26.6. The standard InChI is InChI=1S/C13H25N3O2/c1-10(16-5-7-18-8-6-16)9-13(2,12(14)17)15-11-3-4-11/h10-11,15H,3-9H2,1-2H3,(H2,14,17). The number of nitrogens with two attached hydrogens (primary N) is 1. The Kier molecular flexibility index (Phi) is 4.25. The number of carbonyl (C=O) groups excluding carboxylic acids is 1. The van der Waals surface area contributed by atoms with Gasteiger partial charge in [-0.1, -0.05) is 0 Å². The Morgan fingerprint density at radius 1 is 1.50 bits per heavy atom. The maximum absolute atomic E-state index is 11.7. The molecule has 5 nitrogen and oxygen atoms in total. The summed E-state index contributed by atoms with van der Waals surface area (Å²) in [5.74, 6) is -0.241. The summed E-state index contributed by atoms with van der Waals surface area (Å²) in [6.45, 7) is 7.56. The molecule has 0 aromatic heterocycles. The van der Waals surface area contributed by atoms with Gasteiger partial charge in [-0.3, -0.25) is 9.69 Å². The van der Waals surface area contributed by atoms with Crippen LogP contribution in [0.2, 0.25) is 0 Å². The van der Waals surface area contributed by atoms with Crippen LogP contribution in [0.5, 0.6) is 0 Å². The summed E-state index contributed by atoms with van der Waals surface area (Å²) >= 11 is 0. The zero-order chi connectivity index (χ0) is 13.2. The van der Waals surface area contributed by atoms with Gasteiger partial charge in [0.15, 0.2) is 0 Å². The molecule has 2 unspecified atom stereocenters. The van der Waals surface area contributed by atoms with E-state index in [0.717, 1.165) is 45.6 Å². The second kappa shape index (κ2) is 5.55. The predicted octanol–water partition coefficient (Wildman–Crippen LogP) is 0.0932. The third-order valence-electron chi connectivity index (χ3n) is 4.02. The van der Waals surface area contributed by atoms with Gasteiger partial charge < -0.3 is 15.8 Å². The van der Waals surface area contributed by atoms with Crippen molar-refractivity contribution in [1.82, 2.24) is 10.2 Å². The first kappa shape index (κ1) is 13.8. The minimum Gasteiger partial charge on any atom is -0.379 e. The van der Waals surface area contributed by atoms with Crippen molar-refractivity contribution < 1.29 is 9.53 Å². The van der Waals surface area contributed by atoms with Crippen molar-refractivity contribution in [2.45, 2.75) is 50.7 Å². The Labute approximate surface area is 109 Å². The fraction of sp³-hybridized carbons (Fsp3) is 0.923. The fourth-order valence-corrected chi connectivity index (χ4v) is 2.65. The third-order valence-corrected chi connectivity index (χ3v) is 4.02. The van der Waals surface area contributed by atoms with Crippen LogP contribution in [-0.4, -0.2) is 54.7 Å². The third kappa shape index (κ3) is 3.43. The molecule has 2 fully saturated rings. The van der Waals surface area contributed by atoms with Crippen molar-refractivity contribution in [3.8, 4) is 0 Å². The smallest absolute Gasteiger partial charge is 0.237 e. The second-order valence-electron chi connectivity index (χ2n) is 5.82. The van der Waals surface area contributed by atoms with E-state index in [9.17, 15) is 4.79 Å². The number of morpholine rings is 1. The van der Waals surface area contributed by atoms with Gasteiger partial charge in [-0.2, -0.15) is 0 Å². The maximum Gasteiger partial charge on any atom is 0.237 e. The Bertz CT molecular complexity index is 301. The highest BCUT2D eigenvalue weighted by molar-refractivity contribution is 5.84. The topological polar surface area (TPSA) is 67.6 Å². The summed E-state index contributed by atoms with van der Waals surface area (Å²) in [7, 11) is 0. The van der Waals surface area contributed by atoms with E-state index in [1.807, 2.05) is 6.92 Å². The number of nitrogens with one attached hydrogen (secondary N) is 1. The summed E-state index contributed by atoms with van der Waals surface area (Å²) in [6, 6.07) is 0.831. The number of nitrogens with zero attached hydrogens (tertiary/aromatic N) is 1. The quantitative estimate of drug-likeness (QED) is 0.706. The van der Waals surface area contributed by atoms with Gasteiger partial charge in [-0.25, -0.2) is 0 Å². The molecule has 5 heteroatoms. The first-order valence-electron chi connectivity index (χ1n) is 6.91. The Morgan fingerprint density at radius 2 is 2.11 bits per heavy atom. The van der Waals surface area contributed by atoms with Gasteiger partial charge in [0, 0.05) is 25.2 Å². The first-order chi connectivity index (χ1) is 8.51. The summed E-state index contributed by atoms with van der Waals surface area (Å²) in [4.78, 5) is 14.1. The van der Waals surface area contributed by atoms with Crippen LogP contribution in [0.4, 0.5) is 0 Å². The van der Waals surface area contributed by atoms with Gasteiger partial charge in [0.2, 0.25) is 5.91 Å². The van der Waals surface area contributed by atoms with E-state index in [1.54, 1.807) is 0 Å². The molecule has 2 aliphatic rings. The summed E-state index contributed by atoms with van der Waals surface area (Å²) < 4.78 is 5.35. The van der Waals surface area contributed by atoms with Gasteiger partial charge in [-0.05, 0) is 33.1 Å². The lowest BCUT2D eigenvalue weighted by molar-refractivity contribution is -0.124. The molecule has 1 amide bonds.